The highest BCUT2D eigenvalue weighted by molar-refractivity contribution is 9.10. The predicted octanol–water partition coefficient (Wildman–Crippen LogP) is 4.18. The molecule has 0 fully saturated rings. The second kappa shape index (κ2) is 7.46. The molecule has 0 saturated heterocycles. The van der Waals surface area contributed by atoms with E-state index in [1.54, 1.807) is 7.11 Å². The van der Waals surface area contributed by atoms with Crippen molar-refractivity contribution < 1.29 is 4.74 Å². The van der Waals surface area contributed by atoms with Crippen molar-refractivity contribution in [1.29, 1.82) is 0 Å². The van der Waals surface area contributed by atoms with Crippen LogP contribution in [0, 0.1) is 0 Å². The van der Waals surface area contributed by atoms with E-state index in [-0.39, 0.29) is 0 Å². The fraction of sp³-hybridized carbons (Fsp3) is 0.294. The molecule has 1 atom stereocenters. The van der Waals surface area contributed by atoms with E-state index in [1.165, 1.54) is 11.1 Å². The zero-order valence-corrected chi connectivity index (χ0v) is 13.5. The van der Waals surface area contributed by atoms with Crippen LogP contribution in [0.1, 0.15) is 18.1 Å². The Balaban J connectivity index is 1.86. The first-order valence-electron chi connectivity index (χ1n) is 6.79. The fourth-order valence-electron chi connectivity index (χ4n) is 2.11. The molecule has 0 amide bonds. The summed E-state index contributed by atoms with van der Waals surface area (Å²) in [5, 5.41) is 3.56. The third-order valence-electron chi connectivity index (χ3n) is 3.30. The maximum atomic E-state index is 5.17. The summed E-state index contributed by atoms with van der Waals surface area (Å²) in [7, 11) is 1.69. The zero-order chi connectivity index (χ0) is 14.4. The van der Waals surface area contributed by atoms with Crippen LogP contribution in [0.2, 0.25) is 0 Å². The maximum absolute atomic E-state index is 5.17. The summed E-state index contributed by atoms with van der Waals surface area (Å²) in [5.41, 5.74) is 2.60. The van der Waals surface area contributed by atoms with Gasteiger partial charge in [-0.25, -0.2) is 0 Å². The molecule has 0 aliphatic rings. The molecule has 0 aliphatic heterocycles. The Morgan fingerprint density at radius 2 is 1.80 bits per heavy atom. The summed E-state index contributed by atoms with van der Waals surface area (Å²) in [6, 6.07) is 17.0. The number of hydrogen-bond acceptors (Lipinski definition) is 2. The van der Waals surface area contributed by atoms with Crippen LogP contribution in [0.25, 0.3) is 0 Å². The van der Waals surface area contributed by atoms with E-state index < -0.39 is 0 Å². The number of ether oxygens (including phenoxy) is 1. The van der Waals surface area contributed by atoms with Crippen molar-refractivity contribution in [1.82, 2.24) is 5.32 Å². The van der Waals surface area contributed by atoms with Gasteiger partial charge < -0.3 is 10.1 Å². The molecular weight excluding hydrogens is 314 g/mol. The highest BCUT2D eigenvalue weighted by Gasteiger charge is 2.05. The van der Waals surface area contributed by atoms with Crippen molar-refractivity contribution in [3.63, 3.8) is 0 Å². The van der Waals surface area contributed by atoms with Gasteiger partial charge >= 0.3 is 0 Å². The standard InChI is InChI=1S/C17H20BrNO/c1-13(11-14-7-9-16(20-2)10-8-14)19-12-15-5-3-4-6-17(15)18/h3-10,13,19H,11-12H2,1-2H3. The van der Waals surface area contributed by atoms with Gasteiger partial charge in [0.05, 0.1) is 7.11 Å². The average molecular weight is 334 g/mol. The molecule has 2 aromatic rings. The fourth-order valence-corrected chi connectivity index (χ4v) is 2.54. The van der Waals surface area contributed by atoms with Crippen LogP contribution in [0.4, 0.5) is 0 Å². The number of nitrogens with one attached hydrogen (secondary N) is 1. The molecule has 1 unspecified atom stereocenters. The van der Waals surface area contributed by atoms with Gasteiger partial charge in [0.25, 0.3) is 0 Å². The topological polar surface area (TPSA) is 21.3 Å². The number of benzene rings is 2. The number of hydrogen-bond donors (Lipinski definition) is 1. The molecule has 0 bridgehead atoms. The van der Waals surface area contributed by atoms with Gasteiger partial charge in [0, 0.05) is 17.1 Å². The predicted molar refractivity (Wildman–Crippen MR) is 87.1 cm³/mol. The van der Waals surface area contributed by atoms with Gasteiger partial charge in [0.1, 0.15) is 5.75 Å². The first kappa shape index (κ1) is 15.1. The molecule has 0 aliphatic carbocycles. The lowest BCUT2D eigenvalue weighted by Gasteiger charge is -2.15. The Hall–Kier alpha value is -1.32. The number of halogens is 1. The van der Waals surface area contributed by atoms with Gasteiger partial charge in [0.15, 0.2) is 0 Å². The molecule has 0 aromatic heterocycles. The summed E-state index contributed by atoms with van der Waals surface area (Å²) in [6.07, 6.45) is 1.01. The largest absolute Gasteiger partial charge is 0.497 e. The van der Waals surface area contributed by atoms with Gasteiger partial charge in [-0.2, -0.15) is 0 Å². The lowest BCUT2D eigenvalue weighted by molar-refractivity contribution is 0.414. The molecule has 20 heavy (non-hydrogen) atoms. The van der Waals surface area contributed by atoms with E-state index in [1.807, 2.05) is 18.2 Å². The lowest BCUT2D eigenvalue weighted by Crippen LogP contribution is -2.27. The quantitative estimate of drug-likeness (QED) is 0.856. The summed E-state index contributed by atoms with van der Waals surface area (Å²) >= 11 is 3.58. The van der Waals surface area contributed by atoms with E-state index in [2.05, 4.69) is 58.5 Å². The van der Waals surface area contributed by atoms with E-state index in [0.29, 0.717) is 6.04 Å². The molecule has 0 saturated carbocycles. The van der Waals surface area contributed by atoms with Crippen molar-refractivity contribution in [2.24, 2.45) is 0 Å². The Morgan fingerprint density at radius 3 is 2.45 bits per heavy atom. The molecule has 2 rings (SSSR count). The summed E-state index contributed by atoms with van der Waals surface area (Å²) in [5.74, 6) is 0.905. The van der Waals surface area contributed by atoms with Crippen LogP contribution >= 0.6 is 15.9 Å². The lowest BCUT2D eigenvalue weighted by atomic mass is 10.1. The van der Waals surface area contributed by atoms with Crippen molar-refractivity contribution >= 4 is 15.9 Å². The summed E-state index contributed by atoms with van der Waals surface area (Å²) in [4.78, 5) is 0. The first-order chi connectivity index (χ1) is 9.69. The number of rotatable bonds is 6. The minimum Gasteiger partial charge on any atom is -0.497 e. The molecule has 2 aromatic carbocycles. The molecule has 2 nitrogen and oxygen atoms in total. The second-order valence-corrected chi connectivity index (χ2v) is 5.78. The van der Waals surface area contributed by atoms with Crippen LogP contribution in [0.5, 0.6) is 5.75 Å². The van der Waals surface area contributed by atoms with E-state index in [0.717, 1.165) is 23.2 Å². The molecular formula is C17H20BrNO. The van der Waals surface area contributed by atoms with E-state index in [9.17, 15) is 0 Å². The molecule has 3 heteroatoms. The van der Waals surface area contributed by atoms with E-state index in [4.69, 9.17) is 4.74 Å². The maximum Gasteiger partial charge on any atom is 0.118 e. The first-order valence-corrected chi connectivity index (χ1v) is 7.58. The summed E-state index contributed by atoms with van der Waals surface area (Å²) < 4.78 is 6.33. The smallest absolute Gasteiger partial charge is 0.118 e. The van der Waals surface area contributed by atoms with Crippen molar-refractivity contribution in [2.45, 2.75) is 25.9 Å². The van der Waals surface area contributed by atoms with E-state index >= 15 is 0 Å². The average Bonchev–Trinajstić information content (AvgIpc) is 2.47. The molecule has 0 spiro atoms. The van der Waals surface area contributed by atoms with Crippen molar-refractivity contribution in [3.8, 4) is 5.75 Å². The molecule has 0 radical (unpaired) electrons. The second-order valence-electron chi connectivity index (χ2n) is 4.93. The van der Waals surface area contributed by atoms with Crippen LogP contribution in [-0.2, 0) is 13.0 Å². The van der Waals surface area contributed by atoms with Crippen LogP contribution in [0.3, 0.4) is 0 Å². The minimum atomic E-state index is 0.426. The van der Waals surface area contributed by atoms with Gasteiger partial charge in [0.2, 0.25) is 0 Å². The summed E-state index contributed by atoms with van der Waals surface area (Å²) in [6.45, 7) is 3.08. The normalized spacial score (nSPS) is 12.2. The van der Waals surface area contributed by atoms with Gasteiger partial charge in [-0.3, -0.25) is 0 Å². The molecule has 1 N–H and O–H groups in total. The minimum absolute atomic E-state index is 0.426. The molecule has 106 valence electrons. The highest BCUT2D eigenvalue weighted by Crippen LogP contribution is 2.16. The van der Waals surface area contributed by atoms with Gasteiger partial charge in [-0.05, 0) is 42.7 Å². The third kappa shape index (κ3) is 4.36. The molecule has 0 heterocycles. The van der Waals surface area contributed by atoms with Crippen LogP contribution < -0.4 is 10.1 Å². The van der Waals surface area contributed by atoms with Gasteiger partial charge in [-0.15, -0.1) is 0 Å². The van der Waals surface area contributed by atoms with Crippen LogP contribution in [-0.4, -0.2) is 13.2 Å². The Bertz CT molecular complexity index is 539. The SMILES string of the molecule is COc1ccc(CC(C)NCc2ccccc2Br)cc1. The number of methoxy groups -OCH3 is 1. The van der Waals surface area contributed by atoms with Crippen LogP contribution in [0.15, 0.2) is 53.0 Å². The van der Waals surface area contributed by atoms with Gasteiger partial charge in [-0.1, -0.05) is 46.3 Å². The Kier molecular flexibility index (Phi) is 5.62. The Morgan fingerprint density at radius 1 is 1.10 bits per heavy atom. The Labute approximate surface area is 129 Å². The zero-order valence-electron chi connectivity index (χ0n) is 11.9. The third-order valence-corrected chi connectivity index (χ3v) is 4.07. The highest BCUT2D eigenvalue weighted by atomic mass is 79.9. The monoisotopic (exact) mass is 333 g/mol. The van der Waals surface area contributed by atoms with Crippen molar-refractivity contribution in [3.05, 3.63) is 64.1 Å². The van der Waals surface area contributed by atoms with Crippen molar-refractivity contribution in [2.75, 3.05) is 7.11 Å².